The number of carbonyl (C=O) groups excluding carboxylic acids is 1. The Morgan fingerprint density at radius 1 is 1.27 bits per heavy atom. The van der Waals surface area contributed by atoms with E-state index in [0.29, 0.717) is 11.3 Å². The maximum absolute atomic E-state index is 12.7. The van der Waals surface area contributed by atoms with E-state index in [2.05, 4.69) is 35.3 Å². The van der Waals surface area contributed by atoms with Gasteiger partial charge in [-0.2, -0.15) is 0 Å². The predicted octanol–water partition coefficient (Wildman–Crippen LogP) is 3.12. The molecule has 1 unspecified atom stereocenters. The number of likely N-dealkylation sites (tertiary alicyclic amines) is 1. The molecule has 0 aromatic heterocycles. The third-order valence-electron chi connectivity index (χ3n) is 5.38. The first-order valence-corrected chi connectivity index (χ1v) is 8.16. The standard InChI is InChI=1S/C18H26N2O.ClH/c1-14-4-3-5-16(12-14)15(2)17(21)20-10-7-18(8-11-20)6-9-19-13-18;/h3-5,12,15,19H,6-11,13H2,1-2H3;1H. The number of nitrogens with one attached hydrogen (secondary N) is 1. The van der Waals surface area contributed by atoms with Crippen LogP contribution in [0.15, 0.2) is 24.3 Å². The van der Waals surface area contributed by atoms with Gasteiger partial charge in [0.15, 0.2) is 0 Å². The van der Waals surface area contributed by atoms with Crippen LogP contribution in [0, 0.1) is 12.3 Å². The van der Waals surface area contributed by atoms with Crippen molar-refractivity contribution in [3.8, 4) is 0 Å². The Kier molecular flexibility index (Phi) is 5.51. The quantitative estimate of drug-likeness (QED) is 0.907. The highest BCUT2D eigenvalue weighted by Crippen LogP contribution is 2.37. The zero-order chi connectivity index (χ0) is 14.9. The SMILES string of the molecule is Cc1cccc(C(C)C(=O)N2CCC3(CCNC3)CC2)c1.Cl. The van der Waals surface area contributed by atoms with Gasteiger partial charge < -0.3 is 10.2 Å². The van der Waals surface area contributed by atoms with E-state index in [4.69, 9.17) is 0 Å². The summed E-state index contributed by atoms with van der Waals surface area (Å²) < 4.78 is 0. The maximum Gasteiger partial charge on any atom is 0.229 e. The minimum atomic E-state index is -0.0272. The molecule has 1 N–H and O–H groups in total. The highest BCUT2D eigenvalue weighted by molar-refractivity contribution is 5.85. The van der Waals surface area contributed by atoms with Crippen molar-refractivity contribution in [1.82, 2.24) is 10.2 Å². The molecule has 2 aliphatic rings. The van der Waals surface area contributed by atoms with Crippen LogP contribution in [-0.2, 0) is 4.79 Å². The highest BCUT2D eigenvalue weighted by Gasteiger charge is 2.38. The van der Waals surface area contributed by atoms with Crippen molar-refractivity contribution in [2.45, 2.75) is 39.0 Å². The van der Waals surface area contributed by atoms with Crippen LogP contribution in [0.2, 0.25) is 0 Å². The lowest BCUT2D eigenvalue weighted by Crippen LogP contribution is -2.45. The number of hydrogen-bond acceptors (Lipinski definition) is 2. The lowest BCUT2D eigenvalue weighted by atomic mass is 9.77. The van der Waals surface area contributed by atoms with Crippen molar-refractivity contribution < 1.29 is 4.79 Å². The van der Waals surface area contributed by atoms with Crippen molar-refractivity contribution in [2.75, 3.05) is 26.2 Å². The Hall–Kier alpha value is -1.06. The summed E-state index contributed by atoms with van der Waals surface area (Å²) in [5.74, 6) is 0.266. The number of hydrogen-bond donors (Lipinski definition) is 1. The molecule has 2 heterocycles. The van der Waals surface area contributed by atoms with E-state index in [1.807, 2.05) is 13.0 Å². The van der Waals surface area contributed by atoms with E-state index >= 15 is 0 Å². The minimum Gasteiger partial charge on any atom is -0.342 e. The lowest BCUT2D eigenvalue weighted by molar-refractivity contribution is -0.134. The van der Waals surface area contributed by atoms with Gasteiger partial charge in [-0.1, -0.05) is 29.8 Å². The van der Waals surface area contributed by atoms with Gasteiger partial charge in [0.25, 0.3) is 0 Å². The summed E-state index contributed by atoms with van der Waals surface area (Å²) in [6.07, 6.45) is 3.60. The summed E-state index contributed by atoms with van der Waals surface area (Å²) in [5, 5.41) is 3.48. The molecule has 2 fully saturated rings. The second-order valence-electron chi connectivity index (χ2n) is 6.89. The van der Waals surface area contributed by atoms with Crippen LogP contribution in [0.3, 0.4) is 0 Å². The van der Waals surface area contributed by atoms with Crippen molar-refractivity contribution in [3.63, 3.8) is 0 Å². The number of amides is 1. The second-order valence-corrected chi connectivity index (χ2v) is 6.89. The van der Waals surface area contributed by atoms with Gasteiger partial charge >= 0.3 is 0 Å². The first-order valence-electron chi connectivity index (χ1n) is 8.16. The molecule has 1 aromatic carbocycles. The molecule has 1 amide bonds. The van der Waals surface area contributed by atoms with Crippen molar-refractivity contribution in [3.05, 3.63) is 35.4 Å². The van der Waals surface area contributed by atoms with Crippen molar-refractivity contribution in [1.29, 1.82) is 0 Å². The molecule has 1 atom stereocenters. The second kappa shape index (κ2) is 7.01. The summed E-state index contributed by atoms with van der Waals surface area (Å²) in [4.78, 5) is 14.8. The van der Waals surface area contributed by atoms with Crippen LogP contribution in [0.4, 0.5) is 0 Å². The monoisotopic (exact) mass is 322 g/mol. The van der Waals surface area contributed by atoms with Crippen LogP contribution in [0.25, 0.3) is 0 Å². The summed E-state index contributed by atoms with van der Waals surface area (Å²) >= 11 is 0. The van der Waals surface area contributed by atoms with Gasteiger partial charge in [-0.25, -0.2) is 0 Å². The Morgan fingerprint density at radius 2 is 2.00 bits per heavy atom. The number of piperidine rings is 1. The molecule has 1 aromatic rings. The Labute approximate surface area is 139 Å². The molecule has 0 saturated carbocycles. The van der Waals surface area contributed by atoms with Crippen LogP contribution in [-0.4, -0.2) is 37.0 Å². The average molecular weight is 323 g/mol. The minimum absolute atomic E-state index is 0. The third-order valence-corrected chi connectivity index (χ3v) is 5.38. The fraction of sp³-hybridized carbons (Fsp3) is 0.611. The van der Waals surface area contributed by atoms with Gasteiger partial charge in [-0.3, -0.25) is 4.79 Å². The zero-order valence-electron chi connectivity index (χ0n) is 13.6. The zero-order valence-corrected chi connectivity index (χ0v) is 14.4. The molecule has 122 valence electrons. The van der Waals surface area contributed by atoms with Gasteiger partial charge in [0.1, 0.15) is 0 Å². The largest absolute Gasteiger partial charge is 0.342 e. The Bertz CT molecular complexity index is 516. The van der Waals surface area contributed by atoms with E-state index in [9.17, 15) is 4.79 Å². The van der Waals surface area contributed by atoms with E-state index < -0.39 is 0 Å². The Balaban J connectivity index is 0.00000176. The molecular weight excluding hydrogens is 296 g/mol. The first kappa shape index (κ1) is 17.3. The molecule has 4 heteroatoms. The fourth-order valence-electron chi connectivity index (χ4n) is 3.78. The molecule has 0 radical (unpaired) electrons. The molecular formula is C18H27ClN2O. The number of rotatable bonds is 2. The number of benzene rings is 1. The molecule has 0 aliphatic carbocycles. The summed E-state index contributed by atoms with van der Waals surface area (Å²) in [7, 11) is 0. The molecule has 3 rings (SSSR count). The van der Waals surface area contributed by atoms with Crippen LogP contribution in [0.5, 0.6) is 0 Å². The molecule has 2 aliphatic heterocycles. The Morgan fingerprint density at radius 3 is 2.59 bits per heavy atom. The van der Waals surface area contributed by atoms with Crippen molar-refractivity contribution >= 4 is 18.3 Å². The topological polar surface area (TPSA) is 32.3 Å². The lowest BCUT2D eigenvalue weighted by Gasteiger charge is -2.39. The normalized spacial score (nSPS) is 21.5. The summed E-state index contributed by atoms with van der Waals surface area (Å²) in [5.41, 5.74) is 2.84. The summed E-state index contributed by atoms with van der Waals surface area (Å²) in [6, 6.07) is 8.33. The van der Waals surface area contributed by atoms with Crippen LogP contribution < -0.4 is 5.32 Å². The van der Waals surface area contributed by atoms with Gasteiger partial charge in [0.05, 0.1) is 5.92 Å². The van der Waals surface area contributed by atoms with E-state index in [1.54, 1.807) is 0 Å². The van der Waals surface area contributed by atoms with Gasteiger partial charge in [0, 0.05) is 19.6 Å². The van der Waals surface area contributed by atoms with Gasteiger partial charge in [-0.15, -0.1) is 12.4 Å². The highest BCUT2D eigenvalue weighted by atomic mass is 35.5. The first-order chi connectivity index (χ1) is 10.1. The van der Waals surface area contributed by atoms with Gasteiger partial charge in [0.2, 0.25) is 5.91 Å². The number of aryl methyl sites for hydroxylation is 1. The van der Waals surface area contributed by atoms with Crippen LogP contribution >= 0.6 is 12.4 Å². The third kappa shape index (κ3) is 3.47. The number of carbonyl (C=O) groups is 1. The molecule has 1 spiro atoms. The van der Waals surface area contributed by atoms with Gasteiger partial charge in [-0.05, 0) is 50.6 Å². The van der Waals surface area contributed by atoms with E-state index in [-0.39, 0.29) is 18.3 Å². The smallest absolute Gasteiger partial charge is 0.229 e. The number of nitrogens with zero attached hydrogens (tertiary/aromatic N) is 1. The van der Waals surface area contributed by atoms with Crippen molar-refractivity contribution in [2.24, 2.45) is 5.41 Å². The predicted molar refractivity (Wildman–Crippen MR) is 92.6 cm³/mol. The van der Waals surface area contributed by atoms with E-state index in [0.717, 1.165) is 44.6 Å². The molecule has 2 saturated heterocycles. The summed E-state index contributed by atoms with van der Waals surface area (Å²) in [6.45, 7) is 8.26. The molecule has 3 nitrogen and oxygen atoms in total. The molecule has 0 bridgehead atoms. The van der Waals surface area contributed by atoms with E-state index in [1.165, 1.54) is 12.0 Å². The fourth-order valence-corrected chi connectivity index (χ4v) is 3.78. The van der Waals surface area contributed by atoms with Crippen LogP contribution in [0.1, 0.15) is 43.2 Å². The number of halogens is 1. The average Bonchev–Trinajstić information content (AvgIpc) is 2.95. The maximum atomic E-state index is 12.7. The molecule has 22 heavy (non-hydrogen) atoms.